The fraction of sp³-hybridized carbons (Fsp3) is 0.500. The van der Waals surface area contributed by atoms with Crippen molar-refractivity contribution >= 4 is 22.7 Å². The predicted molar refractivity (Wildman–Crippen MR) is 90.7 cm³/mol. The largest absolute Gasteiger partial charge is 0.316 e. The number of alkyl halides is 1. The Morgan fingerprint density at radius 3 is 2.76 bits per heavy atom. The van der Waals surface area contributed by atoms with Crippen LogP contribution >= 0.6 is 0 Å². The van der Waals surface area contributed by atoms with Crippen molar-refractivity contribution in [3.8, 4) is 0 Å². The minimum absolute atomic E-state index is 0.242. The van der Waals surface area contributed by atoms with Gasteiger partial charge in [0.2, 0.25) is 11.8 Å². The number of fused-ring (bicyclic) bond motifs is 1. The van der Waals surface area contributed by atoms with E-state index in [1.807, 2.05) is 18.2 Å². The van der Waals surface area contributed by atoms with Crippen molar-refractivity contribution in [3.05, 3.63) is 29.5 Å². The zero-order valence-electron chi connectivity index (χ0n) is 14.1. The summed E-state index contributed by atoms with van der Waals surface area (Å²) >= 11 is 0. The average molecular weight is 344 g/mol. The van der Waals surface area contributed by atoms with Gasteiger partial charge in [-0.2, -0.15) is 5.10 Å². The fourth-order valence-corrected chi connectivity index (χ4v) is 3.89. The number of carbonyl (C=O) groups excluding carboxylic acids is 2. The third kappa shape index (κ3) is 2.72. The number of carbonyl (C=O) groups is 2. The van der Waals surface area contributed by atoms with E-state index in [4.69, 9.17) is 0 Å². The van der Waals surface area contributed by atoms with E-state index in [1.54, 1.807) is 11.7 Å². The van der Waals surface area contributed by atoms with Crippen LogP contribution in [0.15, 0.2) is 18.2 Å². The first kappa shape index (κ1) is 16.2. The van der Waals surface area contributed by atoms with E-state index in [0.717, 1.165) is 10.9 Å². The quantitative estimate of drug-likeness (QED) is 0.812. The summed E-state index contributed by atoms with van der Waals surface area (Å²) in [4.78, 5) is 23.5. The van der Waals surface area contributed by atoms with Crippen LogP contribution in [0.25, 0.3) is 10.9 Å². The molecule has 0 spiro atoms. The molecule has 2 aliphatic rings. The van der Waals surface area contributed by atoms with Gasteiger partial charge in [0.15, 0.2) is 0 Å². The van der Waals surface area contributed by atoms with Crippen LogP contribution in [0, 0.1) is 0 Å². The van der Waals surface area contributed by atoms with Crippen LogP contribution < -0.4 is 10.6 Å². The van der Waals surface area contributed by atoms with Gasteiger partial charge in [-0.3, -0.25) is 19.6 Å². The number of nitrogens with zero attached hydrogens (tertiary/aromatic N) is 2. The Bertz CT molecular complexity index is 854. The number of hydrogen-bond donors (Lipinski definition) is 2. The summed E-state index contributed by atoms with van der Waals surface area (Å²) in [6.45, 7) is 1.34. The maximum atomic E-state index is 15.3. The molecule has 1 aromatic carbocycles. The van der Waals surface area contributed by atoms with Gasteiger partial charge in [-0.05, 0) is 44.0 Å². The first-order valence-electron chi connectivity index (χ1n) is 8.68. The molecule has 2 aromatic rings. The van der Waals surface area contributed by atoms with Gasteiger partial charge in [-0.1, -0.05) is 12.1 Å². The molecule has 1 atom stereocenters. The Morgan fingerprint density at radius 2 is 2.04 bits per heavy atom. The van der Waals surface area contributed by atoms with Crippen LogP contribution in [0.1, 0.15) is 42.9 Å². The first-order valence-corrected chi connectivity index (χ1v) is 8.68. The van der Waals surface area contributed by atoms with Gasteiger partial charge in [-0.25, -0.2) is 4.39 Å². The smallest absolute Gasteiger partial charge is 0.235 e. The summed E-state index contributed by atoms with van der Waals surface area (Å²) < 4.78 is 17.0. The number of piperidine rings is 2. The second-order valence-electron chi connectivity index (χ2n) is 6.96. The molecule has 0 radical (unpaired) electrons. The molecule has 0 bridgehead atoms. The number of aromatic nitrogens is 2. The van der Waals surface area contributed by atoms with E-state index in [2.05, 4.69) is 15.7 Å². The highest BCUT2D eigenvalue weighted by Crippen LogP contribution is 2.38. The topological polar surface area (TPSA) is 76.0 Å². The molecule has 132 valence electrons. The number of rotatable bonds is 2. The van der Waals surface area contributed by atoms with Crippen LogP contribution in [-0.2, 0) is 22.3 Å². The minimum atomic E-state index is -1.32. The fourth-order valence-electron chi connectivity index (χ4n) is 3.89. The van der Waals surface area contributed by atoms with Crippen LogP contribution in [0.2, 0.25) is 0 Å². The van der Waals surface area contributed by atoms with Crippen molar-refractivity contribution in [2.75, 3.05) is 13.1 Å². The number of nitrogens with one attached hydrogen (secondary N) is 2. The molecule has 0 saturated carbocycles. The maximum Gasteiger partial charge on any atom is 0.235 e. The normalized spacial score (nSPS) is 23.7. The summed E-state index contributed by atoms with van der Waals surface area (Å²) in [6, 6.07) is 5.52. The van der Waals surface area contributed by atoms with Crippen molar-refractivity contribution in [3.63, 3.8) is 0 Å². The zero-order valence-corrected chi connectivity index (χ0v) is 14.1. The molecule has 1 aromatic heterocycles. The Morgan fingerprint density at radius 1 is 1.28 bits per heavy atom. The first-order chi connectivity index (χ1) is 12.0. The number of aryl methyl sites for hydroxylation is 1. The highest BCUT2D eigenvalue weighted by Gasteiger charge is 2.35. The highest BCUT2D eigenvalue weighted by molar-refractivity contribution is 6.02. The standard InChI is InChI=1S/C18H21FN4O2/c1-23-14-10-11(18(19)6-8-20-9-7-18)2-3-12(14)16(22-23)13-4-5-15(24)21-17(13)25/h2-3,10,13,20H,4-9H2,1H3,(H,21,24,25). The lowest BCUT2D eigenvalue weighted by molar-refractivity contribution is -0.134. The van der Waals surface area contributed by atoms with Crippen LogP contribution in [0.4, 0.5) is 4.39 Å². The monoisotopic (exact) mass is 344 g/mol. The third-order valence-corrected chi connectivity index (χ3v) is 5.36. The average Bonchev–Trinajstić information content (AvgIpc) is 2.92. The summed E-state index contributed by atoms with van der Waals surface area (Å²) in [5.74, 6) is -0.986. The van der Waals surface area contributed by atoms with Gasteiger partial charge in [-0.15, -0.1) is 0 Å². The Labute approximate surface area is 144 Å². The molecule has 6 nitrogen and oxygen atoms in total. The molecule has 25 heavy (non-hydrogen) atoms. The van der Waals surface area contributed by atoms with Crippen molar-refractivity contribution in [2.24, 2.45) is 7.05 Å². The van der Waals surface area contributed by atoms with E-state index in [-0.39, 0.29) is 11.8 Å². The van der Waals surface area contributed by atoms with Crippen molar-refractivity contribution in [1.29, 1.82) is 0 Å². The van der Waals surface area contributed by atoms with E-state index in [0.29, 0.717) is 50.0 Å². The van der Waals surface area contributed by atoms with E-state index in [1.165, 1.54) is 0 Å². The lowest BCUT2D eigenvalue weighted by atomic mass is 9.86. The number of hydrogen-bond acceptors (Lipinski definition) is 4. The number of halogens is 1. The number of benzene rings is 1. The molecule has 3 heterocycles. The molecule has 2 N–H and O–H groups in total. The Kier molecular flexibility index (Phi) is 3.83. The summed E-state index contributed by atoms with van der Waals surface area (Å²) in [5.41, 5.74) is 0.817. The zero-order chi connectivity index (χ0) is 17.6. The van der Waals surface area contributed by atoms with Crippen molar-refractivity contribution in [1.82, 2.24) is 20.4 Å². The van der Waals surface area contributed by atoms with E-state index in [9.17, 15) is 9.59 Å². The molecule has 0 aliphatic carbocycles. The second kappa shape index (κ2) is 5.91. The third-order valence-electron chi connectivity index (χ3n) is 5.36. The molecular formula is C18H21FN4O2. The van der Waals surface area contributed by atoms with Crippen LogP contribution in [-0.4, -0.2) is 34.7 Å². The van der Waals surface area contributed by atoms with Gasteiger partial charge in [0.25, 0.3) is 0 Å². The van der Waals surface area contributed by atoms with Crippen LogP contribution in [0.5, 0.6) is 0 Å². The van der Waals surface area contributed by atoms with Gasteiger partial charge in [0, 0.05) is 18.9 Å². The molecule has 2 saturated heterocycles. The molecule has 4 rings (SSSR count). The lowest BCUT2D eigenvalue weighted by Crippen LogP contribution is -2.39. The van der Waals surface area contributed by atoms with Crippen LogP contribution in [0.3, 0.4) is 0 Å². The van der Waals surface area contributed by atoms with Gasteiger partial charge in [0.05, 0.1) is 17.1 Å². The number of imide groups is 1. The highest BCUT2D eigenvalue weighted by atomic mass is 19.1. The number of amides is 2. The van der Waals surface area contributed by atoms with Crippen molar-refractivity contribution < 1.29 is 14.0 Å². The summed E-state index contributed by atoms with van der Waals surface area (Å²) in [5, 5.41) is 10.9. The summed E-state index contributed by atoms with van der Waals surface area (Å²) in [7, 11) is 1.80. The predicted octanol–water partition coefficient (Wildman–Crippen LogP) is 1.64. The molecule has 2 aliphatic heterocycles. The molecule has 2 amide bonds. The minimum Gasteiger partial charge on any atom is -0.316 e. The van der Waals surface area contributed by atoms with E-state index >= 15 is 4.39 Å². The Balaban J connectivity index is 1.74. The maximum absolute atomic E-state index is 15.3. The molecule has 1 unspecified atom stereocenters. The molecule has 2 fully saturated rings. The second-order valence-corrected chi connectivity index (χ2v) is 6.96. The van der Waals surface area contributed by atoms with Crippen molar-refractivity contribution in [2.45, 2.75) is 37.3 Å². The van der Waals surface area contributed by atoms with E-state index < -0.39 is 11.6 Å². The van der Waals surface area contributed by atoms with Gasteiger partial charge >= 0.3 is 0 Å². The SMILES string of the molecule is Cn1nc(C2CCC(=O)NC2=O)c2ccc(C3(F)CCNCC3)cc21. The summed E-state index contributed by atoms with van der Waals surface area (Å²) in [6.07, 6.45) is 1.68. The van der Waals surface area contributed by atoms with Gasteiger partial charge in [0.1, 0.15) is 5.67 Å². The lowest BCUT2D eigenvalue weighted by Gasteiger charge is -2.30. The Hall–Kier alpha value is -2.28. The molecule has 7 heteroatoms. The van der Waals surface area contributed by atoms with Gasteiger partial charge < -0.3 is 5.32 Å². The molecular weight excluding hydrogens is 323 g/mol.